The Morgan fingerprint density at radius 3 is 2.84 bits per heavy atom. The Bertz CT molecular complexity index is 752. The fourth-order valence-electron chi connectivity index (χ4n) is 1.99. The molecule has 1 aromatic heterocycles. The van der Waals surface area contributed by atoms with Crippen molar-refractivity contribution < 1.29 is 4.74 Å². The Morgan fingerprint density at radius 1 is 1.26 bits per heavy atom. The summed E-state index contributed by atoms with van der Waals surface area (Å²) in [6.07, 6.45) is 0. The van der Waals surface area contributed by atoms with Gasteiger partial charge in [0.05, 0.1) is 17.6 Å². The van der Waals surface area contributed by atoms with Gasteiger partial charge in [-0.25, -0.2) is 4.98 Å². The van der Waals surface area contributed by atoms with Crippen molar-refractivity contribution in [2.45, 2.75) is 0 Å². The lowest BCUT2D eigenvalue weighted by molar-refractivity contribution is 0.415. The third-order valence-electron chi connectivity index (χ3n) is 2.91. The van der Waals surface area contributed by atoms with Gasteiger partial charge in [0, 0.05) is 23.4 Å². The van der Waals surface area contributed by atoms with Gasteiger partial charge in [0.1, 0.15) is 17.1 Å². The fraction of sp³-hybridized carbons (Fsp3) is 0.0714. The lowest BCUT2D eigenvalue weighted by Crippen LogP contribution is -1.86. The Labute approximate surface area is 115 Å². The highest BCUT2D eigenvalue weighted by molar-refractivity contribution is 6.35. The average Bonchev–Trinajstić information content (AvgIpc) is 2.83. The number of fused-ring (bicyclic) bond motifs is 1. The lowest BCUT2D eigenvalue weighted by Gasteiger charge is -1.99. The molecule has 0 bridgehead atoms. The Morgan fingerprint density at radius 2 is 2.11 bits per heavy atom. The second-order valence-corrected chi connectivity index (χ2v) is 4.62. The van der Waals surface area contributed by atoms with Gasteiger partial charge < -0.3 is 15.5 Å². The Balaban J connectivity index is 2.19. The third kappa shape index (κ3) is 2.11. The Hall–Kier alpha value is -2.20. The minimum Gasteiger partial charge on any atom is -0.497 e. The highest BCUT2D eigenvalue weighted by Crippen LogP contribution is 2.30. The van der Waals surface area contributed by atoms with E-state index in [4.69, 9.17) is 22.1 Å². The zero-order valence-corrected chi connectivity index (χ0v) is 11.0. The maximum absolute atomic E-state index is 6.19. The fourth-order valence-corrected chi connectivity index (χ4v) is 2.24. The highest BCUT2D eigenvalue weighted by Gasteiger charge is 2.10. The van der Waals surface area contributed by atoms with Crippen LogP contribution in [0.25, 0.3) is 22.4 Å². The molecule has 4 nitrogen and oxygen atoms in total. The van der Waals surface area contributed by atoms with E-state index in [2.05, 4.69) is 9.97 Å². The number of aromatic amines is 1. The van der Waals surface area contributed by atoms with E-state index in [1.165, 1.54) is 0 Å². The smallest absolute Gasteiger partial charge is 0.138 e. The SMILES string of the molecule is COc1cc(Cl)c2nc(-c3cccc(N)c3)[nH]c2c1. The molecule has 2 aromatic carbocycles. The zero-order valence-electron chi connectivity index (χ0n) is 10.3. The van der Waals surface area contributed by atoms with Crippen molar-refractivity contribution in [1.82, 2.24) is 9.97 Å². The van der Waals surface area contributed by atoms with Crippen molar-refractivity contribution in [2.75, 3.05) is 12.8 Å². The zero-order chi connectivity index (χ0) is 13.4. The molecule has 0 atom stereocenters. The molecular formula is C14H12ClN3O. The van der Waals surface area contributed by atoms with Gasteiger partial charge in [0.25, 0.3) is 0 Å². The van der Waals surface area contributed by atoms with Crippen LogP contribution in [0, 0.1) is 0 Å². The minimum atomic E-state index is 0.556. The van der Waals surface area contributed by atoms with Crippen LogP contribution < -0.4 is 10.5 Å². The number of nitrogen functional groups attached to an aromatic ring is 1. The van der Waals surface area contributed by atoms with Gasteiger partial charge in [-0.2, -0.15) is 0 Å². The van der Waals surface area contributed by atoms with Crippen LogP contribution in [-0.2, 0) is 0 Å². The second kappa shape index (κ2) is 4.48. The molecule has 0 saturated heterocycles. The van der Waals surface area contributed by atoms with Gasteiger partial charge in [0.15, 0.2) is 0 Å². The Kier molecular flexibility index (Phi) is 2.80. The molecular weight excluding hydrogens is 262 g/mol. The first kappa shape index (κ1) is 11.9. The van der Waals surface area contributed by atoms with Gasteiger partial charge in [-0.05, 0) is 12.1 Å². The minimum absolute atomic E-state index is 0.556. The maximum atomic E-state index is 6.19. The van der Waals surface area contributed by atoms with E-state index in [9.17, 15) is 0 Å². The number of halogens is 1. The molecule has 0 amide bonds. The summed E-state index contributed by atoms with van der Waals surface area (Å²) < 4.78 is 5.18. The number of imidazole rings is 1. The number of rotatable bonds is 2. The van der Waals surface area contributed by atoms with Crippen molar-refractivity contribution in [3.05, 3.63) is 41.4 Å². The number of nitrogens with zero attached hydrogens (tertiary/aromatic N) is 1. The predicted molar refractivity (Wildman–Crippen MR) is 77.5 cm³/mol. The van der Waals surface area contributed by atoms with E-state index in [0.717, 1.165) is 22.4 Å². The molecule has 0 fully saturated rings. The van der Waals surface area contributed by atoms with Crippen LogP contribution in [0.15, 0.2) is 36.4 Å². The van der Waals surface area contributed by atoms with Crippen molar-refractivity contribution in [3.63, 3.8) is 0 Å². The molecule has 0 saturated carbocycles. The molecule has 0 aliphatic heterocycles. The van der Waals surface area contributed by atoms with Crippen LogP contribution in [-0.4, -0.2) is 17.1 Å². The van der Waals surface area contributed by atoms with Crippen molar-refractivity contribution >= 4 is 28.3 Å². The molecule has 19 heavy (non-hydrogen) atoms. The normalized spacial score (nSPS) is 10.8. The van der Waals surface area contributed by atoms with Gasteiger partial charge in [-0.1, -0.05) is 23.7 Å². The standard InChI is InChI=1S/C14H12ClN3O/c1-19-10-6-11(15)13-12(7-10)17-14(18-13)8-3-2-4-9(16)5-8/h2-7H,16H2,1H3,(H,17,18). The van der Waals surface area contributed by atoms with Crippen LogP contribution in [0.3, 0.4) is 0 Å². The summed E-state index contributed by atoms with van der Waals surface area (Å²) in [4.78, 5) is 7.72. The van der Waals surface area contributed by atoms with Crippen molar-refractivity contribution in [3.8, 4) is 17.1 Å². The molecule has 0 spiro atoms. The number of hydrogen-bond acceptors (Lipinski definition) is 3. The number of ether oxygens (including phenoxy) is 1. The first-order chi connectivity index (χ1) is 9.17. The summed E-state index contributed by atoms with van der Waals surface area (Å²) in [7, 11) is 1.60. The van der Waals surface area contributed by atoms with Crippen LogP contribution in [0.2, 0.25) is 5.02 Å². The predicted octanol–water partition coefficient (Wildman–Crippen LogP) is 3.47. The van der Waals surface area contributed by atoms with Gasteiger partial charge >= 0.3 is 0 Å². The highest BCUT2D eigenvalue weighted by atomic mass is 35.5. The summed E-state index contributed by atoms with van der Waals surface area (Å²) in [5, 5.41) is 0.556. The van der Waals surface area contributed by atoms with Gasteiger partial charge in [-0.15, -0.1) is 0 Å². The summed E-state index contributed by atoms with van der Waals surface area (Å²) in [5.41, 5.74) is 8.95. The molecule has 1 heterocycles. The number of anilines is 1. The van der Waals surface area contributed by atoms with E-state index in [1.807, 2.05) is 30.3 Å². The van der Waals surface area contributed by atoms with E-state index >= 15 is 0 Å². The number of nitrogens with two attached hydrogens (primary N) is 1. The molecule has 0 aliphatic rings. The number of benzene rings is 2. The number of hydrogen-bond donors (Lipinski definition) is 2. The number of methoxy groups -OCH3 is 1. The van der Waals surface area contributed by atoms with E-state index < -0.39 is 0 Å². The molecule has 96 valence electrons. The van der Waals surface area contributed by atoms with Crippen LogP contribution in [0.1, 0.15) is 0 Å². The molecule has 3 rings (SSSR count). The first-order valence-corrected chi connectivity index (χ1v) is 6.14. The number of nitrogens with one attached hydrogen (secondary N) is 1. The summed E-state index contributed by atoms with van der Waals surface area (Å²) in [6.45, 7) is 0. The van der Waals surface area contributed by atoms with E-state index in [-0.39, 0.29) is 0 Å². The van der Waals surface area contributed by atoms with Crippen molar-refractivity contribution in [1.29, 1.82) is 0 Å². The molecule has 3 aromatic rings. The number of H-pyrrole nitrogens is 1. The van der Waals surface area contributed by atoms with Crippen LogP contribution in [0.5, 0.6) is 5.75 Å². The largest absolute Gasteiger partial charge is 0.497 e. The second-order valence-electron chi connectivity index (χ2n) is 4.22. The maximum Gasteiger partial charge on any atom is 0.138 e. The molecule has 0 unspecified atom stereocenters. The third-order valence-corrected chi connectivity index (χ3v) is 3.20. The van der Waals surface area contributed by atoms with Gasteiger partial charge in [-0.3, -0.25) is 0 Å². The van der Waals surface area contributed by atoms with Crippen LogP contribution >= 0.6 is 11.6 Å². The van der Waals surface area contributed by atoms with E-state index in [0.29, 0.717) is 16.5 Å². The molecule has 0 aliphatic carbocycles. The summed E-state index contributed by atoms with van der Waals surface area (Å²) >= 11 is 6.19. The molecule has 3 N–H and O–H groups in total. The summed E-state index contributed by atoms with van der Waals surface area (Å²) in [5.74, 6) is 1.43. The van der Waals surface area contributed by atoms with E-state index in [1.54, 1.807) is 13.2 Å². The molecule has 0 radical (unpaired) electrons. The quantitative estimate of drug-likeness (QED) is 0.703. The number of aromatic nitrogens is 2. The first-order valence-electron chi connectivity index (χ1n) is 5.76. The average molecular weight is 274 g/mol. The van der Waals surface area contributed by atoms with Gasteiger partial charge in [0.2, 0.25) is 0 Å². The lowest BCUT2D eigenvalue weighted by atomic mass is 10.2. The monoisotopic (exact) mass is 273 g/mol. The van der Waals surface area contributed by atoms with Crippen molar-refractivity contribution in [2.24, 2.45) is 0 Å². The summed E-state index contributed by atoms with van der Waals surface area (Å²) in [6, 6.07) is 11.1. The topological polar surface area (TPSA) is 63.9 Å². The van der Waals surface area contributed by atoms with Crippen LogP contribution in [0.4, 0.5) is 5.69 Å². The molecule has 5 heteroatoms.